The number of para-hydroxylation sites is 1. The molecule has 0 saturated heterocycles. The second-order valence-electron chi connectivity index (χ2n) is 2.52. The molecule has 2 rings (SSSR count). The predicted octanol–water partition coefficient (Wildman–Crippen LogP) is 1.13. The van der Waals surface area contributed by atoms with Crippen LogP contribution < -0.4 is 0 Å². The van der Waals surface area contributed by atoms with Gasteiger partial charge in [-0.25, -0.2) is 0 Å². The molecule has 5 nitrogen and oxygen atoms in total. The summed E-state index contributed by atoms with van der Waals surface area (Å²) in [6, 6.07) is 7.01. The van der Waals surface area contributed by atoms with Gasteiger partial charge in [0.25, 0.3) is 0 Å². The van der Waals surface area contributed by atoms with Gasteiger partial charge >= 0.3 is 0 Å². The maximum absolute atomic E-state index is 10.6. The van der Waals surface area contributed by atoms with Gasteiger partial charge in [-0.3, -0.25) is 4.79 Å². The second kappa shape index (κ2) is 3.55. The summed E-state index contributed by atoms with van der Waals surface area (Å²) in [5.74, 6) is 0.123. The summed E-state index contributed by atoms with van der Waals surface area (Å²) in [6.45, 7) is 0. The Kier molecular flexibility index (Phi) is 2.24. The van der Waals surface area contributed by atoms with Crippen molar-refractivity contribution in [2.45, 2.75) is 0 Å². The molecule has 0 radical (unpaired) electrons. The summed E-state index contributed by atoms with van der Waals surface area (Å²) < 4.78 is 1.29. The Morgan fingerprint density at radius 1 is 1.36 bits per heavy atom. The van der Waals surface area contributed by atoms with Crippen LogP contribution in [0.2, 0.25) is 5.02 Å². The fourth-order valence-corrected chi connectivity index (χ4v) is 1.28. The highest BCUT2D eigenvalue weighted by Crippen LogP contribution is 2.18. The molecule has 70 valence electrons. The highest BCUT2D eigenvalue weighted by molar-refractivity contribution is 6.32. The van der Waals surface area contributed by atoms with Crippen molar-refractivity contribution >= 4 is 17.9 Å². The lowest BCUT2D eigenvalue weighted by atomic mass is 10.3. The fraction of sp³-hybridized carbons (Fsp3) is 0. The van der Waals surface area contributed by atoms with E-state index in [1.54, 1.807) is 24.3 Å². The number of aldehydes is 1. The lowest BCUT2D eigenvalue weighted by Crippen LogP contribution is -2.02. The second-order valence-corrected chi connectivity index (χ2v) is 2.93. The van der Waals surface area contributed by atoms with E-state index in [0.717, 1.165) is 0 Å². The van der Waals surface area contributed by atoms with Crippen LogP contribution in [0.1, 0.15) is 10.6 Å². The number of aromatic nitrogens is 4. The molecule has 0 aliphatic rings. The molecule has 0 saturated carbocycles. The maximum atomic E-state index is 10.6. The monoisotopic (exact) mass is 208 g/mol. The molecular weight excluding hydrogens is 204 g/mol. The van der Waals surface area contributed by atoms with Gasteiger partial charge in [0.05, 0.1) is 10.7 Å². The van der Waals surface area contributed by atoms with E-state index in [-0.39, 0.29) is 5.82 Å². The average molecular weight is 209 g/mol. The van der Waals surface area contributed by atoms with E-state index in [2.05, 4.69) is 15.5 Å². The molecule has 14 heavy (non-hydrogen) atoms. The molecule has 6 heteroatoms. The molecule has 0 bridgehead atoms. The van der Waals surface area contributed by atoms with Gasteiger partial charge in [-0.05, 0) is 22.6 Å². The van der Waals surface area contributed by atoms with Crippen LogP contribution in [0, 0.1) is 0 Å². The molecule has 0 unspecified atom stereocenters. The summed E-state index contributed by atoms with van der Waals surface area (Å²) >= 11 is 5.91. The highest BCUT2D eigenvalue weighted by atomic mass is 35.5. The number of halogens is 1. The summed E-state index contributed by atoms with van der Waals surface area (Å²) in [7, 11) is 0. The average Bonchev–Trinajstić information content (AvgIpc) is 2.66. The minimum Gasteiger partial charge on any atom is -0.294 e. The molecule has 1 heterocycles. The number of rotatable bonds is 2. The Morgan fingerprint density at radius 3 is 2.86 bits per heavy atom. The van der Waals surface area contributed by atoms with E-state index in [9.17, 15) is 4.79 Å². The minimum atomic E-state index is 0.123. The molecule has 0 atom stereocenters. The van der Waals surface area contributed by atoms with Crippen molar-refractivity contribution in [2.75, 3.05) is 0 Å². The lowest BCUT2D eigenvalue weighted by Gasteiger charge is -2.01. The zero-order valence-electron chi connectivity index (χ0n) is 6.96. The first-order valence-electron chi connectivity index (χ1n) is 3.81. The Morgan fingerprint density at radius 2 is 2.14 bits per heavy atom. The molecule has 0 amide bonds. The number of carbonyl (C=O) groups excluding carboxylic acids is 1. The Bertz CT molecular complexity index is 468. The van der Waals surface area contributed by atoms with Crippen LogP contribution in [-0.4, -0.2) is 26.5 Å². The van der Waals surface area contributed by atoms with Crippen LogP contribution >= 0.6 is 11.6 Å². The lowest BCUT2D eigenvalue weighted by molar-refractivity contribution is 0.111. The van der Waals surface area contributed by atoms with Crippen LogP contribution in [0.3, 0.4) is 0 Å². The third-order valence-electron chi connectivity index (χ3n) is 1.68. The highest BCUT2D eigenvalue weighted by Gasteiger charge is 2.08. The molecule has 0 spiro atoms. The molecule has 0 aliphatic carbocycles. The standard InChI is InChI=1S/C8H5ClN4O/c9-6-3-1-2-4-7(6)13-8(5-14)10-11-12-13/h1-5H. The maximum Gasteiger partial charge on any atom is 0.219 e. The van der Waals surface area contributed by atoms with E-state index < -0.39 is 0 Å². The van der Waals surface area contributed by atoms with Gasteiger partial charge in [-0.2, -0.15) is 4.68 Å². The van der Waals surface area contributed by atoms with Gasteiger partial charge in [-0.1, -0.05) is 23.7 Å². The third-order valence-corrected chi connectivity index (χ3v) is 2.00. The van der Waals surface area contributed by atoms with E-state index >= 15 is 0 Å². The van der Waals surface area contributed by atoms with Crippen LogP contribution in [0.5, 0.6) is 0 Å². The van der Waals surface area contributed by atoms with E-state index in [4.69, 9.17) is 11.6 Å². The molecule has 2 aromatic rings. The Balaban J connectivity index is 2.60. The third kappa shape index (κ3) is 1.38. The van der Waals surface area contributed by atoms with Gasteiger partial charge in [0.1, 0.15) is 0 Å². The zero-order valence-corrected chi connectivity index (χ0v) is 7.72. The van der Waals surface area contributed by atoms with Crippen molar-refractivity contribution in [3.63, 3.8) is 0 Å². The number of hydrogen-bond acceptors (Lipinski definition) is 4. The molecular formula is C8H5ClN4O. The quantitative estimate of drug-likeness (QED) is 0.694. The summed E-state index contributed by atoms with van der Waals surface area (Å²) in [6.07, 6.45) is 0.573. The van der Waals surface area contributed by atoms with Crippen molar-refractivity contribution in [3.8, 4) is 5.69 Å². The number of carbonyl (C=O) groups is 1. The first-order chi connectivity index (χ1) is 6.83. The number of hydrogen-bond donors (Lipinski definition) is 0. The first kappa shape index (κ1) is 8.83. The van der Waals surface area contributed by atoms with Crippen molar-refractivity contribution < 1.29 is 4.79 Å². The number of benzene rings is 1. The van der Waals surface area contributed by atoms with Gasteiger partial charge in [-0.15, -0.1) is 5.10 Å². The smallest absolute Gasteiger partial charge is 0.219 e. The van der Waals surface area contributed by atoms with E-state index in [1.165, 1.54) is 4.68 Å². The van der Waals surface area contributed by atoms with E-state index in [1.807, 2.05) is 0 Å². The summed E-state index contributed by atoms with van der Waals surface area (Å²) in [5.41, 5.74) is 0.585. The van der Waals surface area contributed by atoms with Crippen molar-refractivity contribution in [2.24, 2.45) is 0 Å². The fourth-order valence-electron chi connectivity index (χ4n) is 1.06. The largest absolute Gasteiger partial charge is 0.294 e. The predicted molar refractivity (Wildman–Crippen MR) is 49.6 cm³/mol. The summed E-state index contributed by atoms with van der Waals surface area (Å²) in [4.78, 5) is 10.6. The number of nitrogens with zero attached hydrogens (tertiary/aromatic N) is 4. The van der Waals surface area contributed by atoms with Crippen LogP contribution in [0.15, 0.2) is 24.3 Å². The van der Waals surface area contributed by atoms with Crippen molar-refractivity contribution in [1.82, 2.24) is 20.2 Å². The SMILES string of the molecule is O=Cc1nnnn1-c1ccccc1Cl. The minimum absolute atomic E-state index is 0.123. The van der Waals surface area contributed by atoms with Crippen LogP contribution in [-0.2, 0) is 0 Å². The number of tetrazole rings is 1. The van der Waals surface area contributed by atoms with Crippen LogP contribution in [0.25, 0.3) is 5.69 Å². The van der Waals surface area contributed by atoms with Crippen LogP contribution in [0.4, 0.5) is 0 Å². The van der Waals surface area contributed by atoms with E-state index in [0.29, 0.717) is 17.0 Å². The van der Waals surface area contributed by atoms with Gasteiger partial charge in [0.2, 0.25) is 5.82 Å². The normalized spacial score (nSPS) is 10.1. The van der Waals surface area contributed by atoms with Gasteiger partial charge < -0.3 is 0 Å². The van der Waals surface area contributed by atoms with Gasteiger partial charge in [0, 0.05) is 0 Å². The molecule has 1 aromatic carbocycles. The molecule has 0 N–H and O–H groups in total. The molecule has 0 fully saturated rings. The topological polar surface area (TPSA) is 60.7 Å². The van der Waals surface area contributed by atoms with Crippen molar-refractivity contribution in [3.05, 3.63) is 35.1 Å². The summed E-state index contributed by atoms with van der Waals surface area (Å²) in [5, 5.41) is 11.1. The zero-order chi connectivity index (χ0) is 9.97. The Hall–Kier alpha value is -1.75. The van der Waals surface area contributed by atoms with Gasteiger partial charge in [0.15, 0.2) is 6.29 Å². The first-order valence-corrected chi connectivity index (χ1v) is 4.19. The van der Waals surface area contributed by atoms with Crippen molar-refractivity contribution in [1.29, 1.82) is 0 Å². The molecule has 0 aliphatic heterocycles. The molecule has 1 aromatic heterocycles. The Labute approximate surface area is 84.3 Å².